The van der Waals surface area contributed by atoms with Crippen LogP contribution in [0.25, 0.3) is 0 Å². The molecule has 0 spiro atoms. The van der Waals surface area contributed by atoms with Crippen molar-refractivity contribution in [2.45, 2.75) is 6.42 Å². The lowest BCUT2D eigenvalue weighted by Crippen LogP contribution is -2.42. The fourth-order valence-corrected chi connectivity index (χ4v) is 3.05. The summed E-state index contributed by atoms with van der Waals surface area (Å²) in [6, 6.07) is 4.15. The molecular formula is C15H16FNO3S. The molecule has 4 nitrogen and oxygen atoms in total. The van der Waals surface area contributed by atoms with Gasteiger partial charge >= 0.3 is 0 Å². The van der Waals surface area contributed by atoms with Crippen molar-refractivity contribution in [3.63, 3.8) is 0 Å². The van der Waals surface area contributed by atoms with Crippen LogP contribution in [0.3, 0.4) is 0 Å². The van der Waals surface area contributed by atoms with Gasteiger partial charge in [-0.2, -0.15) is 0 Å². The lowest BCUT2D eigenvalue weighted by Gasteiger charge is -2.26. The molecule has 6 heteroatoms. The predicted octanol–water partition coefficient (Wildman–Crippen LogP) is 0.764. The van der Waals surface area contributed by atoms with E-state index >= 15 is 0 Å². The van der Waals surface area contributed by atoms with E-state index in [0.29, 0.717) is 36.6 Å². The molecule has 0 unspecified atom stereocenters. The van der Waals surface area contributed by atoms with Crippen molar-refractivity contribution in [2.75, 3.05) is 31.2 Å². The molecule has 1 aliphatic heterocycles. The third-order valence-electron chi connectivity index (χ3n) is 3.13. The Morgan fingerprint density at radius 3 is 2.76 bits per heavy atom. The van der Waals surface area contributed by atoms with E-state index in [2.05, 4.69) is 11.8 Å². The van der Waals surface area contributed by atoms with Crippen molar-refractivity contribution >= 4 is 16.7 Å². The number of carbonyl (C=O) groups is 1. The van der Waals surface area contributed by atoms with Gasteiger partial charge in [0.1, 0.15) is 5.82 Å². The Balaban J connectivity index is 2.18. The minimum Gasteiger partial charge on any atom is -0.395 e. The van der Waals surface area contributed by atoms with Crippen molar-refractivity contribution in [2.24, 2.45) is 0 Å². The minimum atomic E-state index is -0.883. The Morgan fingerprint density at radius 1 is 1.38 bits per heavy atom. The Labute approximate surface area is 125 Å². The van der Waals surface area contributed by atoms with Gasteiger partial charge in [0.25, 0.3) is 5.91 Å². The fraction of sp³-hybridized carbons (Fsp3) is 0.400. The molecule has 1 heterocycles. The predicted molar refractivity (Wildman–Crippen MR) is 78.8 cm³/mol. The summed E-state index contributed by atoms with van der Waals surface area (Å²) in [7, 11) is -0.883. The summed E-state index contributed by atoms with van der Waals surface area (Å²) in [5.41, 5.74) is 0.521. The van der Waals surface area contributed by atoms with Crippen LogP contribution in [-0.2, 0) is 10.8 Å². The molecule has 1 amide bonds. The summed E-state index contributed by atoms with van der Waals surface area (Å²) < 4.78 is 25.1. The molecule has 21 heavy (non-hydrogen) atoms. The van der Waals surface area contributed by atoms with Crippen LogP contribution >= 0.6 is 0 Å². The van der Waals surface area contributed by atoms with Crippen molar-refractivity contribution in [3.8, 4) is 11.8 Å². The number of carbonyl (C=O) groups excluding carboxylic acids is 1. The second-order valence-corrected chi connectivity index (χ2v) is 6.31. The van der Waals surface area contributed by atoms with Crippen molar-refractivity contribution < 1.29 is 18.5 Å². The number of rotatable bonds is 2. The van der Waals surface area contributed by atoms with Gasteiger partial charge in [0.15, 0.2) is 0 Å². The second kappa shape index (κ2) is 7.34. The zero-order chi connectivity index (χ0) is 15.2. The Hall–Kier alpha value is -1.71. The highest BCUT2D eigenvalue weighted by Crippen LogP contribution is 2.14. The normalized spacial score (nSPS) is 15.4. The summed E-state index contributed by atoms with van der Waals surface area (Å²) in [5.74, 6) is 5.41. The van der Waals surface area contributed by atoms with E-state index in [1.54, 1.807) is 0 Å². The number of nitrogens with zero attached hydrogens (tertiary/aromatic N) is 1. The molecule has 1 aromatic rings. The fourth-order valence-electron chi connectivity index (χ4n) is 2.00. The molecular weight excluding hydrogens is 293 g/mol. The van der Waals surface area contributed by atoms with Gasteiger partial charge in [0, 0.05) is 47.4 Å². The average molecular weight is 309 g/mol. The van der Waals surface area contributed by atoms with E-state index < -0.39 is 22.5 Å². The van der Waals surface area contributed by atoms with Gasteiger partial charge in [-0.15, -0.1) is 0 Å². The SMILES string of the molecule is O=C(c1cc(C#CCCO)ccc1F)N1CCS(=O)CC1. The summed E-state index contributed by atoms with van der Waals surface area (Å²) in [6.45, 7) is 0.724. The summed E-state index contributed by atoms with van der Waals surface area (Å²) in [6.07, 6.45) is 0.332. The molecule has 0 aliphatic carbocycles. The van der Waals surface area contributed by atoms with E-state index in [0.717, 1.165) is 0 Å². The van der Waals surface area contributed by atoms with Crippen LogP contribution in [0.1, 0.15) is 22.3 Å². The van der Waals surface area contributed by atoms with Crippen molar-refractivity contribution in [3.05, 3.63) is 35.1 Å². The van der Waals surface area contributed by atoms with Gasteiger partial charge in [-0.05, 0) is 18.2 Å². The van der Waals surface area contributed by atoms with Crippen LogP contribution in [0.15, 0.2) is 18.2 Å². The molecule has 0 atom stereocenters. The standard InChI is InChI=1S/C15H16FNO3S/c16-14-5-4-12(3-1-2-8-18)11-13(14)15(19)17-6-9-21(20)10-7-17/h4-5,11,18H,2,6-10H2. The van der Waals surface area contributed by atoms with Gasteiger partial charge < -0.3 is 10.0 Å². The quantitative estimate of drug-likeness (QED) is 0.821. The second-order valence-electron chi connectivity index (χ2n) is 4.61. The van der Waals surface area contributed by atoms with Crippen LogP contribution < -0.4 is 0 Å². The number of halogens is 1. The zero-order valence-electron chi connectivity index (χ0n) is 11.5. The highest BCUT2D eigenvalue weighted by molar-refractivity contribution is 7.85. The molecule has 1 aliphatic rings. The molecule has 1 saturated heterocycles. The number of aliphatic hydroxyl groups excluding tert-OH is 1. The van der Waals surface area contributed by atoms with Gasteiger partial charge in [0.2, 0.25) is 0 Å². The Bertz CT molecular complexity index is 611. The Morgan fingerprint density at radius 2 is 2.10 bits per heavy atom. The van der Waals surface area contributed by atoms with E-state index in [9.17, 15) is 13.4 Å². The van der Waals surface area contributed by atoms with Gasteiger partial charge in [-0.1, -0.05) is 11.8 Å². The van der Waals surface area contributed by atoms with E-state index in [1.165, 1.54) is 23.1 Å². The van der Waals surface area contributed by atoms with E-state index in [-0.39, 0.29) is 12.2 Å². The molecule has 0 aromatic heterocycles. The van der Waals surface area contributed by atoms with Crippen LogP contribution in [0.5, 0.6) is 0 Å². The molecule has 2 rings (SSSR count). The van der Waals surface area contributed by atoms with Crippen LogP contribution in [-0.4, -0.2) is 51.3 Å². The minimum absolute atomic E-state index is 0.0153. The highest BCUT2D eigenvalue weighted by atomic mass is 32.2. The zero-order valence-corrected chi connectivity index (χ0v) is 12.3. The molecule has 1 N–H and O–H groups in total. The molecule has 1 aromatic carbocycles. The lowest BCUT2D eigenvalue weighted by molar-refractivity contribution is 0.0766. The highest BCUT2D eigenvalue weighted by Gasteiger charge is 2.23. The largest absolute Gasteiger partial charge is 0.395 e. The van der Waals surface area contributed by atoms with Crippen molar-refractivity contribution in [1.29, 1.82) is 0 Å². The third kappa shape index (κ3) is 4.13. The van der Waals surface area contributed by atoms with Crippen molar-refractivity contribution in [1.82, 2.24) is 4.90 Å². The molecule has 1 fully saturated rings. The molecule has 112 valence electrons. The smallest absolute Gasteiger partial charge is 0.256 e. The van der Waals surface area contributed by atoms with E-state index in [1.807, 2.05) is 0 Å². The number of hydrogen-bond acceptors (Lipinski definition) is 3. The number of amides is 1. The van der Waals surface area contributed by atoms with Crippen LogP contribution in [0.4, 0.5) is 4.39 Å². The summed E-state index contributed by atoms with van der Waals surface area (Å²) in [4.78, 5) is 13.8. The van der Waals surface area contributed by atoms with Gasteiger partial charge in [0.05, 0.1) is 12.2 Å². The number of benzene rings is 1. The monoisotopic (exact) mass is 309 g/mol. The maximum Gasteiger partial charge on any atom is 0.256 e. The molecule has 0 radical (unpaired) electrons. The first-order valence-corrected chi connectivity index (χ1v) is 8.14. The van der Waals surface area contributed by atoms with Crippen LogP contribution in [0, 0.1) is 17.7 Å². The van der Waals surface area contributed by atoms with Crippen LogP contribution in [0.2, 0.25) is 0 Å². The lowest BCUT2D eigenvalue weighted by atomic mass is 10.1. The first-order valence-electron chi connectivity index (χ1n) is 6.65. The topological polar surface area (TPSA) is 57.6 Å². The average Bonchev–Trinajstić information content (AvgIpc) is 2.49. The third-order valence-corrected chi connectivity index (χ3v) is 4.41. The maximum atomic E-state index is 13.8. The summed E-state index contributed by atoms with van der Waals surface area (Å²) in [5, 5.41) is 8.67. The van der Waals surface area contributed by atoms with Gasteiger partial charge in [-0.25, -0.2) is 4.39 Å². The first-order chi connectivity index (χ1) is 10.1. The number of aliphatic hydroxyl groups is 1. The Kier molecular flexibility index (Phi) is 5.48. The maximum absolute atomic E-state index is 13.8. The first kappa shape index (κ1) is 15.7. The molecule has 0 bridgehead atoms. The van der Waals surface area contributed by atoms with E-state index in [4.69, 9.17) is 5.11 Å². The molecule has 0 saturated carbocycles. The number of hydrogen-bond donors (Lipinski definition) is 1. The summed E-state index contributed by atoms with van der Waals surface area (Å²) >= 11 is 0. The van der Waals surface area contributed by atoms with Gasteiger partial charge in [-0.3, -0.25) is 9.00 Å².